The van der Waals surface area contributed by atoms with Crippen molar-refractivity contribution in [2.45, 2.75) is 25.4 Å². The second-order valence-electron chi connectivity index (χ2n) is 4.55. The number of carboxylic acid groups (broad SMARTS) is 1. The molecule has 1 unspecified atom stereocenters. The Hall–Kier alpha value is -2.68. The number of aliphatic carboxylic acids is 1. The number of benzene rings is 1. The Bertz CT molecular complexity index is 601. The third-order valence-corrected chi connectivity index (χ3v) is 3.28. The first-order valence-corrected chi connectivity index (χ1v) is 6.08. The molecule has 0 saturated carbocycles. The van der Waals surface area contributed by atoms with E-state index in [2.05, 4.69) is 0 Å². The van der Waals surface area contributed by atoms with E-state index in [0.717, 1.165) is 5.56 Å². The van der Waals surface area contributed by atoms with Gasteiger partial charge in [-0.1, -0.05) is 12.1 Å². The summed E-state index contributed by atoms with van der Waals surface area (Å²) in [6.45, 7) is 0.175. The normalized spacial score (nSPS) is 17.9. The van der Waals surface area contributed by atoms with Crippen LogP contribution in [0.3, 0.4) is 0 Å². The molecule has 1 saturated heterocycles. The molecule has 1 heterocycles. The molecule has 1 N–H and O–H groups in total. The van der Waals surface area contributed by atoms with Crippen LogP contribution in [0.5, 0.6) is 0 Å². The van der Waals surface area contributed by atoms with Crippen LogP contribution < -0.4 is 0 Å². The Morgan fingerprint density at radius 2 is 2.00 bits per heavy atom. The predicted octanol–water partition coefficient (Wildman–Crippen LogP) is 0.703. The molecule has 1 aromatic rings. The first kappa shape index (κ1) is 13.7. The zero-order valence-electron chi connectivity index (χ0n) is 10.6. The van der Waals surface area contributed by atoms with Gasteiger partial charge in [0.15, 0.2) is 0 Å². The molecule has 0 radical (unpaired) electrons. The molecule has 1 atom stereocenters. The van der Waals surface area contributed by atoms with E-state index in [1.165, 1.54) is 4.90 Å². The lowest BCUT2D eigenvalue weighted by Gasteiger charge is -2.22. The minimum Gasteiger partial charge on any atom is -0.475 e. The van der Waals surface area contributed by atoms with Gasteiger partial charge in [0.2, 0.25) is 5.91 Å². The summed E-state index contributed by atoms with van der Waals surface area (Å²) in [6.07, 6.45) is 0.417. The van der Waals surface area contributed by atoms with Crippen LogP contribution >= 0.6 is 0 Å². The molecule has 1 amide bonds. The molecule has 0 spiro atoms. The molecule has 0 bridgehead atoms. The van der Waals surface area contributed by atoms with Gasteiger partial charge in [0.25, 0.3) is 5.78 Å². The molecule has 1 aromatic carbocycles. The molecule has 2 rings (SSSR count). The quantitative estimate of drug-likeness (QED) is 0.813. The minimum atomic E-state index is -1.52. The molecule has 6 heteroatoms. The van der Waals surface area contributed by atoms with Gasteiger partial charge in [-0.25, -0.2) is 4.79 Å². The van der Waals surface area contributed by atoms with Crippen molar-refractivity contribution in [1.29, 1.82) is 5.26 Å². The maximum absolute atomic E-state index is 11.8. The van der Waals surface area contributed by atoms with Gasteiger partial charge >= 0.3 is 5.97 Å². The van der Waals surface area contributed by atoms with E-state index < -0.39 is 17.8 Å². The number of carbonyl (C=O) groups is 3. The summed E-state index contributed by atoms with van der Waals surface area (Å²) in [6, 6.07) is 7.70. The summed E-state index contributed by atoms with van der Waals surface area (Å²) in [5.41, 5.74) is 1.25. The van der Waals surface area contributed by atoms with Crippen LogP contribution in [-0.2, 0) is 20.9 Å². The average Bonchev–Trinajstić information content (AvgIpc) is 2.80. The molecule has 1 aliphatic rings. The Kier molecular flexibility index (Phi) is 3.80. The highest BCUT2D eigenvalue weighted by Gasteiger charge is 2.38. The number of carboxylic acids is 1. The number of hydrogen-bond donors (Lipinski definition) is 1. The molecule has 20 heavy (non-hydrogen) atoms. The van der Waals surface area contributed by atoms with Crippen molar-refractivity contribution in [3.8, 4) is 6.07 Å². The number of nitrogens with zero attached hydrogens (tertiary/aromatic N) is 2. The van der Waals surface area contributed by atoms with E-state index >= 15 is 0 Å². The minimum absolute atomic E-state index is 0.175. The number of amides is 1. The molecular weight excluding hydrogens is 260 g/mol. The number of Topliss-reactive ketones (excluding diaryl/α,β-unsaturated/α-hetero) is 1. The summed E-state index contributed by atoms with van der Waals surface area (Å²) in [7, 11) is 0. The maximum atomic E-state index is 11.8. The zero-order valence-corrected chi connectivity index (χ0v) is 10.6. The highest BCUT2D eigenvalue weighted by molar-refractivity contribution is 6.35. The molecule has 102 valence electrons. The van der Waals surface area contributed by atoms with Gasteiger partial charge in [0.1, 0.15) is 6.04 Å². The Balaban J connectivity index is 2.16. The van der Waals surface area contributed by atoms with Crippen molar-refractivity contribution < 1.29 is 19.5 Å². The van der Waals surface area contributed by atoms with Gasteiger partial charge in [0, 0.05) is 13.0 Å². The van der Waals surface area contributed by atoms with Crippen LogP contribution in [0.1, 0.15) is 24.0 Å². The van der Waals surface area contributed by atoms with E-state index in [9.17, 15) is 14.4 Å². The first-order chi connectivity index (χ1) is 9.52. The van der Waals surface area contributed by atoms with Gasteiger partial charge in [-0.15, -0.1) is 0 Å². The lowest BCUT2D eigenvalue weighted by Crippen LogP contribution is -2.41. The fourth-order valence-corrected chi connectivity index (χ4v) is 2.23. The molecule has 0 aromatic heterocycles. The summed E-state index contributed by atoms with van der Waals surface area (Å²) in [5, 5.41) is 17.5. The SMILES string of the molecule is N#Cc1ccc(CN2C(=O)CCC2C(=O)C(=O)O)cc1. The van der Waals surface area contributed by atoms with Crippen molar-refractivity contribution in [1.82, 2.24) is 4.90 Å². The Labute approximate surface area is 115 Å². The second kappa shape index (κ2) is 5.53. The summed E-state index contributed by atoms with van der Waals surface area (Å²) in [4.78, 5) is 35.4. The van der Waals surface area contributed by atoms with Crippen LogP contribution in [0.4, 0.5) is 0 Å². The molecule has 1 fully saturated rings. The van der Waals surface area contributed by atoms with Gasteiger partial charge in [0.05, 0.1) is 11.6 Å². The highest BCUT2D eigenvalue weighted by atomic mass is 16.4. The standard InChI is InChI=1S/C14H12N2O4/c15-7-9-1-3-10(4-2-9)8-16-11(5-6-12(16)17)13(18)14(19)20/h1-4,11H,5-6,8H2,(H,19,20). The number of rotatable bonds is 4. The van der Waals surface area contributed by atoms with E-state index in [1.807, 2.05) is 6.07 Å². The van der Waals surface area contributed by atoms with Crippen molar-refractivity contribution in [3.05, 3.63) is 35.4 Å². The van der Waals surface area contributed by atoms with E-state index in [-0.39, 0.29) is 25.3 Å². The summed E-state index contributed by atoms with van der Waals surface area (Å²) >= 11 is 0. The third-order valence-electron chi connectivity index (χ3n) is 3.28. The van der Waals surface area contributed by atoms with E-state index in [4.69, 9.17) is 10.4 Å². The van der Waals surface area contributed by atoms with Crippen LogP contribution in [0.25, 0.3) is 0 Å². The number of carbonyl (C=O) groups excluding carboxylic acids is 2. The van der Waals surface area contributed by atoms with Crippen molar-refractivity contribution in [2.75, 3.05) is 0 Å². The van der Waals surface area contributed by atoms with E-state index in [1.54, 1.807) is 24.3 Å². The topological polar surface area (TPSA) is 98.5 Å². The number of ketones is 1. The first-order valence-electron chi connectivity index (χ1n) is 6.08. The predicted molar refractivity (Wildman–Crippen MR) is 67.4 cm³/mol. The maximum Gasteiger partial charge on any atom is 0.374 e. The molecular formula is C14H12N2O4. The number of likely N-dealkylation sites (tertiary alicyclic amines) is 1. The van der Waals surface area contributed by atoms with Crippen molar-refractivity contribution in [2.24, 2.45) is 0 Å². The smallest absolute Gasteiger partial charge is 0.374 e. The highest BCUT2D eigenvalue weighted by Crippen LogP contribution is 2.22. The largest absolute Gasteiger partial charge is 0.475 e. The molecule has 6 nitrogen and oxygen atoms in total. The summed E-state index contributed by atoms with van der Waals surface area (Å²) in [5.74, 6) is -2.70. The zero-order chi connectivity index (χ0) is 14.7. The fourth-order valence-electron chi connectivity index (χ4n) is 2.23. The van der Waals surface area contributed by atoms with Gasteiger partial charge < -0.3 is 10.0 Å². The summed E-state index contributed by atoms with van der Waals surface area (Å²) < 4.78 is 0. The van der Waals surface area contributed by atoms with Gasteiger partial charge in [-0.05, 0) is 24.1 Å². The Morgan fingerprint density at radius 3 is 2.55 bits per heavy atom. The third kappa shape index (κ3) is 2.67. The van der Waals surface area contributed by atoms with Gasteiger partial charge in [-0.2, -0.15) is 5.26 Å². The van der Waals surface area contributed by atoms with Crippen LogP contribution in [-0.4, -0.2) is 33.7 Å². The lowest BCUT2D eigenvalue weighted by molar-refractivity contribution is -0.152. The molecule has 0 aliphatic carbocycles. The van der Waals surface area contributed by atoms with Gasteiger partial charge in [-0.3, -0.25) is 9.59 Å². The Morgan fingerprint density at radius 1 is 1.35 bits per heavy atom. The van der Waals surface area contributed by atoms with Crippen LogP contribution in [0.15, 0.2) is 24.3 Å². The monoisotopic (exact) mass is 272 g/mol. The molecule has 1 aliphatic heterocycles. The fraction of sp³-hybridized carbons (Fsp3) is 0.286. The second-order valence-corrected chi connectivity index (χ2v) is 4.55. The van der Waals surface area contributed by atoms with Crippen molar-refractivity contribution >= 4 is 17.7 Å². The van der Waals surface area contributed by atoms with Crippen molar-refractivity contribution in [3.63, 3.8) is 0 Å². The van der Waals surface area contributed by atoms with Crippen LogP contribution in [0, 0.1) is 11.3 Å². The number of hydrogen-bond acceptors (Lipinski definition) is 4. The average molecular weight is 272 g/mol. The lowest BCUT2D eigenvalue weighted by atomic mass is 10.1. The van der Waals surface area contributed by atoms with Crippen LogP contribution in [0.2, 0.25) is 0 Å². The number of nitriles is 1. The van der Waals surface area contributed by atoms with E-state index in [0.29, 0.717) is 5.56 Å².